The number of carbonyl (C=O) groups excluding carboxylic acids is 1. The Morgan fingerprint density at radius 3 is 2.47 bits per heavy atom. The highest BCUT2D eigenvalue weighted by Gasteiger charge is 2.42. The third kappa shape index (κ3) is 4.70. The third-order valence-electron chi connectivity index (χ3n) is 3.26. The van der Waals surface area contributed by atoms with Gasteiger partial charge in [-0.2, -0.15) is 0 Å². The number of hydrogen-bond acceptors (Lipinski definition) is 6. The standard InChI is InChI=1S/C12H24N2O5/c1-7-9(16)10(17)11(18)12(19-7)14-8(15)5-3-2-4-6-13/h7,9-12,16-18H,2-6,13H2,1H3,(H,14,15)/t7?,9-,10?,11?,12+/m0/s1. The van der Waals surface area contributed by atoms with E-state index in [0.717, 1.165) is 12.8 Å². The summed E-state index contributed by atoms with van der Waals surface area (Å²) in [6.45, 7) is 2.17. The second kappa shape index (κ2) is 7.76. The molecule has 0 bridgehead atoms. The Kier molecular flexibility index (Phi) is 6.67. The van der Waals surface area contributed by atoms with Gasteiger partial charge in [-0.15, -0.1) is 0 Å². The Bertz CT molecular complexity index is 289. The largest absolute Gasteiger partial charge is 0.388 e. The number of nitrogens with two attached hydrogens (primary N) is 1. The monoisotopic (exact) mass is 276 g/mol. The quantitative estimate of drug-likeness (QED) is 0.374. The van der Waals surface area contributed by atoms with Gasteiger partial charge in [0.15, 0.2) is 6.23 Å². The van der Waals surface area contributed by atoms with Crippen molar-refractivity contribution < 1.29 is 24.9 Å². The molecule has 5 atom stereocenters. The molecule has 0 aromatic heterocycles. The van der Waals surface area contributed by atoms with Crippen LogP contribution in [0.1, 0.15) is 32.6 Å². The van der Waals surface area contributed by atoms with Crippen LogP contribution >= 0.6 is 0 Å². The van der Waals surface area contributed by atoms with Crippen LogP contribution in [0.4, 0.5) is 0 Å². The number of rotatable bonds is 6. The molecule has 7 nitrogen and oxygen atoms in total. The van der Waals surface area contributed by atoms with Crippen LogP contribution < -0.4 is 11.1 Å². The molecule has 19 heavy (non-hydrogen) atoms. The van der Waals surface area contributed by atoms with Gasteiger partial charge in [0.05, 0.1) is 6.10 Å². The molecule has 1 saturated heterocycles. The first kappa shape index (κ1) is 16.3. The summed E-state index contributed by atoms with van der Waals surface area (Å²) in [7, 11) is 0. The van der Waals surface area contributed by atoms with Crippen molar-refractivity contribution >= 4 is 5.91 Å². The van der Waals surface area contributed by atoms with Crippen molar-refractivity contribution in [1.29, 1.82) is 0 Å². The maximum atomic E-state index is 11.6. The van der Waals surface area contributed by atoms with E-state index < -0.39 is 30.6 Å². The predicted molar refractivity (Wildman–Crippen MR) is 68.0 cm³/mol. The fourth-order valence-electron chi connectivity index (χ4n) is 2.01. The van der Waals surface area contributed by atoms with Crippen molar-refractivity contribution in [2.45, 2.75) is 63.3 Å². The van der Waals surface area contributed by atoms with Gasteiger partial charge in [-0.05, 0) is 26.3 Å². The van der Waals surface area contributed by atoms with E-state index in [1.54, 1.807) is 6.92 Å². The first-order valence-corrected chi connectivity index (χ1v) is 6.66. The molecule has 1 amide bonds. The zero-order chi connectivity index (χ0) is 14.4. The van der Waals surface area contributed by atoms with Gasteiger partial charge in [-0.3, -0.25) is 4.79 Å². The molecule has 1 heterocycles. The highest BCUT2D eigenvalue weighted by atomic mass is 16.5. The molecule has 112 valence electrons. The van der Waals surface area contributed by atoms with Crippen molar-refractivity contribution in [3.05, 3.63) is 0 Å². The molecule has 0 radical (unpaired) electrons. The molecular weight excluding hydrogens is 252 g/mol. The number of aliphatic hydroxyl groups is 3. The van der Waals surface area contributed by atoms with Crippen LogP contribution in [-0.4, -0.2) is 58.4 Å². The van der Waals surface area contributed by atoms with Gasteiger partial charge in [0.1, 0.15) is 18.3 Å². The normalized spacial score (nSPS) is 35.1. The lowest BCUT2D eigenvalue weighted by molar-refractivity contribution is -0.224. The molecule has 6 N–H and O–H groups in total. The second-order valence-corrected chi connectivity index (χ2v) is 4.90. The number of ether oxygens (including phenoxy) is 1. The fourth-order valence-corrected chi connectivity index (χ4v) is 2.01. The van der Waals surface area contributed by atoms with Gasteiger partial charge in [0.25, 0.3) is 0 Å². The number of carbonyl (C=O) groups is 1. The van der Waals surface area contributed by atoms with E-state index in [1.807, 2.05) is 0 Å². The average Bonchev–Trinajstić information content (AvgIpc) is 2.38. The van der Waals surface area contributed by atoms with Crippen molar-refractivity contribution in [3.63, 3.8) is 0 Å². The zero-order valence-corrected chi connectivity index (χ0v) is 11.2. The van der Waals surface area contributed by atoms with E-state index in [-0.39, 0.29) is 5.91 Å². The Balaban J connectivity index is 2.36. The Hall–Kier alpha value is -0.730. The van der Waals surface area contributed by atoms with Crippen molar-refractivity contribution in [2.24, 2.45) is 5.73 Å². The maximum absolute atomic E-state index is 11.6. The molecular formula is C12H24N2O5. The van der Waals surface area contributed by atoms with Gasteiger partial charge < -0.3 is 31.1 Å². The number of amides is 1. The van der Waals surface area contributed by atoms with Gasteiger partial charge in [-0.25, -0.2) is 0 Å². The van der Waals surface area contributed by atoms with Crippen LogP contribution in [0.5, 0.6) is 0 Å². The highest BCUT2D eigenvalue weighted by molar-refractivity contribution is 5.76. The van der Waals surface area contributed by atoms with Crippen LogP contribution in [0.25, 0.3) is 0 Å². The third-order valence-corrected chi connectivity index (χ3v) is 3.26. The first-order chi connectivity index (χ1) is 8.97. The molecule has 0 aromatic rings. The Morgan fingerprint density at radius 1 is 1.16 bits per heavy atom. The first-order valence-electron chi connectivity index (χ1n) is 6.66. The summed E-state index contributed by atoms with van der Waals surface area (Å²) in [5.74, 6) is -0.253. The lowest BCUT2D eigenvalue weighted by Gasteiger charge is -2.39. The van der Waals surface area contributed by atoms with Gasteiger partial charge in [0, 0.05) is 6.42 Å². The summed E-state index contributed by atoms with van der Waals surface area (Å²) in [5, 5.41) is 31.3. The minimum absolute atomic E-state index is 0.253. The molecule has 1 aliphatic rings. The van der Waals surface area contributed by atoms with Gasteiger partial charge in [0.2, 0.25) is 5.91 Å². The second-order valence-electron chi connectivity index (χ2n) is 4.90. The smallest absolute Gasteiger partial charge is 0.222 e. The average molecular weight is 276 g/mol. The fraction of sp³-hybridized carbons (Fsp3) is 0.917. The highest BCUT2D eigenvalue weighted by Crippen LogP contribution is 2.19. The minimum atomic E-state index is -1.33. The van der Waals surface area contributed by atoms with E-state index in [1.165, 1.54) is 0 Å². The van der Waals surface area contributed by atoms with Crippen molar-refractivity contribution in [2.75, 3.05) is 6.54 Å². The minimum Gasteiger partial charge on any atom is -0.388 e. The summed E-state index contributed by atoms with van der Waals surface area (Å²) < 4.78 is 5.27. The molecule has 0 spiro atoms. The number of aliphatic hydroxyl groups excluding tert-OH is 3. The Labute approximate surface area is 112 Å². The zero-order valence-electron chi connectivity index (χ0n) is 11.2. The summed E-state index contributed by atoms with van der Waals surface area (Å²) in [4.78, 5) is 11.6. The van der Waals surface area contributed by atoms with E-state index in [2.05, 4.69) is 5.32 Å². The van der Waals surface area contributed by atoms with Crippen LogP contribution in [-0.2, 0) is 9.53 Å². The Morgan fingerprint density at radius 2 is 1.84 bits per heavy atom. The molecule has 1 rings (SSSR count). The molecule has 3 unspecified atom stereocenters. The molecule has 0 saturated carbocycles. The number of unbranched alkanes of at least 4 members (excludes halogenated alkanes) is 2. The van der Waals surface area contributed by atoms with Crippen LogP contribution in [0.3, 0.4) is 0 Å². The van der Waals surface area contributed by atoms with Gasteiger partial charge in [-0.1, -0.05) is 6.42 Å². The number of nitrogens with one attached hydrogen (secondary N) is 1. The van der Waals surface area contributed by atoms with Crippen LogP contribution in [0, 0.1) is 0 Å². The molecule has 7 heteroatoms. The van der Waals surface area contributed by atoms with E-state index in [9.17, 15) is 20.1 Å². The molecule has 0 aromatic carbocycles. The summed E-state index contributed by atoms with van der Waals surface area (Å²) in [5.41, 5.74) is 5.35. The van der Waals surface area contributed by atoms with E-state index in [4.69, 9.17) is 10.5 Å². The van der Waals surface area contributed by atoms with E-state index >= 15 is 0 Å². The topological polar surface area (TPSA) is 125 Å². The van der Waals surface area contributed by atoms with Crippen LogP contribution in [0.2, 0.25) is 0 Å². The lowest BCUT2D eigenvalue weighted by Crippen LogP contribution is -2.61. The molecule has 1 aliphatic heterocycles. The van der Waals surface area contributed by atoms with E-state index in [0.29, 0.717) is 19.4 Å². The molecule has 0 aliphatic carbocycles. The van der Waals surface area contributed by atoms with Crippen LogP contribution in [0.15, 0.2) is 0 Å². The summed E-state index contributed by atoms with van der Waals surface area (Å²) >= 11 is 0. The SMILES string of the molecule is CC1O[C@@H](NC(=O)CCCCCN)C(O)C(O)[C@H]1O. The van der Waals surface area contributed by atoms with Gasteiger partial charge >= 0.3 is 0 Å². The number of hydrogen-bond donors (Lipinski definition) is 5. The molecule has 1 fully saturated rings. The predicted octanol–water partition coefficient (Wildman–Crippen LogP) is -1.55. The summed E-state index contributed by atoms with van der Waals surface area (Å²) in [6.07, 6.45) is -2.69. The lowest BCUT2D eigenvalue weighted by atomic mass is 9.99. The van der Waals surface area contributed by atoms with Crippen molar-refractivity contribution in [1.82, 2.24) is 5.32 Å². The maximum Gasteiger partial charge on any atom is 0.222 e. The summed E-state index contributed by atoms with van der Waals surface area (Å²) in [6, 6.07) is 0. The van der Waals surface area contributed by atoms with Crippen molar-refractivity contribution in [3.8, 4) is 0 Å².